The topological polar surface area (TPSA) is 77.9 Å². The van der Waals surface area contributed by atoms with Gasteiger partial charge < -0.3 is 19.3 Å². The smallest absolute Gasteiger partial charge is 0.253 e. The predicted octanol–water partition coefficient (Wildman–Crippen LogP) is 5.51. The molecule has 46 heavy (non-hydrogen) atoms. The van der Waals surface area contributed by atoms with Crippen LogP contribution in [0.5, 0.6) is 11.5 Å². The van der Waals surface area contributed by atoms with Crippen LogP contribution in [-0.2, 0) is 4.79 Å². The van der Waals surface area contributed by atoms with Crippen molar-refractivity contribution in [2.45, 2.75) is 45.6 Å². The summed E-state index contributed by atoms with van der Waals surface area (Å²) < 4.78 is 11.7. The number of benzene rings is 2. The van der Waals surface area contributed by atoms with Crippen molar-refractivity contribution in [1.82, 2.24) is 14.7 Å². The van der Waals surface area contributed by atoms with Gasteiger partial charge in [-0.1, -0.05) is 12.2 Å². The molecular formula is C35H47Cl2N5O4. The summed E-state index contributed by atoms with van der Waals surface area (Å²) in [5.74, 6) is 1.20. The number of anilines is 1. The Labute approximate surface area is 285 Å². The maximum atomic E-state index is 13.7. The van der Waals surface area contributed by atoms with Gasteiger partial charge in [0.15, 0.2) is 11.5 Å². The maximum absolute atomic E-state index is 13.7. The van der Waals surface area contributed by atoms with Crippen LogP contribution in [0.3, 0.4) is 0 Å². The van der Waals surface area contributed by atoms with Crippen LogP contribution in [0.15, 0.2) is 59.7 Å². The molecule has 0 saturated carbocycles. The standard InChI is InChI=1S/C35H45N5O4.2ClH/c1-4-43-31-15-12-26(24-32(31)44-5-2)33-29-8-6-7-9-30(29)35(42)40(36-33)28-13-10-25(11-14-28)34(41)39-22-20-38(21-23-39)27-16-18-37(3)19-17-27;;/h6-7,10-15,24,27,29-30H,4-5,8-9,16-23H2,1-3H3;2*1H/t29-,30+;;/m0../s1. The minimum Gasteiger partial charge on any atom is -0.490 e. The van der Waals surface area contributed by atoms with Crippen molar-refractivity contribution in [2.75, 3.05) is 64.5 Å². The fraction of sp³-hybridized carbons (Fsp3) is 0.514. The maximum Gasteiger partial charge on any atom is 0.253 e. The molecule has 0 bridgehead atoms. The summed E-state index contributed by atoms with van der Waals surface area (Å²) in [6, 6.07) is 13.9. The number of piperidine rings is 1. The average molecular weight is 673 g/mol. The number of hydrogen-bond donors (Lipinski definition) is 0. The summed E-state index contributed by atoms with van der Waals surface area (Å²) in [4.78, 5) is 34.1. The number of rotatable bonds is 8. The van der Waals surface area contributed by atoms with Crippen molar-refractivity contribution in [3.63, 3.8) is 0 Å². The van der Waals surface area contributed by atoms with E-state index in [0.717, 1.165) is 57.0 Å². The minimum atomic E-state index is -0.197. The normalized spacial score (nSPS) is 22.3. The van der Waals surface area contributed by atoms with E-state index in [1.807, 2.05) is 61.2 Å². The number of carbonyl (C=O) groups is 2. The molecule has 11 heteroatoms. The lowest BCUT2D eigenvalue weighted by atomic mass is 9.76. The molecule has 6 rings (SSSR count). The van der Waals surface area contributed by atoms with Gasteiger partial charge in [0, 0.05) is 49.3 Å². The molecule has 0 spiro atoms. The lowest BCUT2D eigenvalue weighted by Gasteiger charge is -2.42. The molecule has 2 aromatic carbocycles. The third kappa shape index (κ3) is 7.54. The van der Waals surface area contributed by atoms with Crippen molar-refractivity contribution in [2.24, 2.45) is 16.9 Å². The van der Waals surface area contributed by atoms with Gasteiger partial charge in [-0.25, -0.2) is 5.01 Å². The van der Waals surface area contributed by atoms with Gasteiger partial charge >= 0.3 is 0 Å². The molecular weight excluding hydrogens is 625 g/mol. The Bertz CT molecular complexity index is 1400. The third-order valence-electron chi connectivity index (χ3n) is 9.52. The number of halogens is 2. The average Bonchev–Trinajstić information content (AvgIpc) is 3.06. The molecule has 9 nitrogen and oxygen atoms in total. The number of carbonyl (C=O) groups excluding carboxylic acids is 2. The second-order valence-electron chi connectivity index (χ2n) is 12.2. The summed E-state index contributed by atoms with van der Waals surface area (Å²) >= 11 is 0. The van der Waals surface area contributed by atoms with Crippen LogP contribution in [0.25, 0.3) is 0 Å². The Morgan fingerprint density at radius 1 is 0.826 bits per heavy atom. The summed E-state index contributed by atoms with van der Waals surface area (Å²) in [5, 5.41) is 6.48. The Morgan fingerprint density at radius 3 is 2.11 bits per heavy atom. The highest BCUT2D eigenvalue weighted by atomic mass is 35.5. The molecule has 4 aliphatic rings. The van der Waals surface area contributed by atoms with Crippen molar-refractivity contribution in [1.29, 1.82) is 0 Å². The van der Waals surface area contributed by atoms with Crippen LogP contribution in [0.2, 0.25) is 0 Å². The van der Waals surface area contributed by atoms with Crippen molar-refractivity contribution < 1.29 is 19.1 Å². The molecule has 0 radical (unpaired) electrons. The Morgan fingerprint density at radius 2 is 1.46 bits per heavy atom. The number of ether oxygens (including phenoxy) is 2. The molecule has 2 aromatic rings. The number of nitrogens with zero attached hydrogens (tertiary/aromatic N) is 5. The van der Waals surface area contributed by atoms with Gasteiger partial charge in [0.25, 0.3) is 11.8 Å². The van der Waals surface area contributed by atoms with Gasteiger partial charge in [-0.05, 0) is 102 Å². The molecule has 0 N–H and O–H groups in total. The summed E-state index contributed by atoms with van der Waals surface area (Å²) in [6.07, 6.45) is 8.09. The second-order valence-corrected chi connectivity index (χ2v) is 12.2. The van der Waals surface area contributed by atoms with Crippen LogP contribution in [0, 0.1) is 11.8 Å². The van der Waals surface area contributed by atoms with Crippen molar-refractivity contribution in [3.05, 3.63) is 65.7 Å². The van der Waals surface area contributed by atoms with Gasteiger partial charge in [0.05, 0.1) is 30.5 Å². The highest BCUT2D eigenvalue weighted by molar-refractivity contribution is 6.11. The lowest BCUT2D eigenvalue weighted by molar-refractivity contribution is -0.123. The van der Waals surface area contributed by atoms with Crippen molar-refractivity contribution in [3.8, 4) is 11.5 Å². The van der Waals surface area contributed by atoms with Crippen molar-refractivity contribution >= 4 is 48.0 Å². The van der Waals surface area contributed by atoms with Crippen LogP contribution in [0.4, 0.5) is 5.69 Å². The van der Waals surface area contributed by atoms with E-state index in [9.17, 15) is 9.59 Å². The molecule has 3 heterocycles. The number of hydrogen-bond acceptors (Lipinski definition) is 7. The summed E-state index contributed by atoms with van der Waals surface area (Å²) in [5.41, 5.74) is 3.10. The zero-order chi connectivity index (χ0) is 30.6. The zero-order valence-corrected chi connectivity index (χ0v) is 28.7. The van der Waals surface area contributed by atoms with Crippen LogP contribution in [-0.4, -0.2) is 97.8 Å². The van der Waals surface area contributed by atoms with E-state index >= 15 is 0 Å². The SMILES string of the molecule is CCOc1ccc(C2=NN(c3ccc(C(=O)N4CCN(C5CCN(C)CC5)CC4)cc3)C(=O)[C@@H]3CC=CC[C@H]23)cc1OCC.Cl.Cl. The number of allylic oxidation sites excluding steroid dienone is 2. The fourth-order valence-electron chi connectivity index (χ4n) is 7.02. The molecule has 2 fully saturated rings. The molecule has 2 saturated heterocycles. The molecule has 250 valence electrons. The highest BCUT2D eigenvalue weighted by Crippen LogP contribution is 2.38. The molecule has 0 aromatic heterocycles. The van der Waals surface area contributed by atoms with E-state index in [0.29, 0.717) is 48.4 Å². The van der Waals surface area contributed by atoms with Crippen LogP contribution >= 0.6 is 24.8 Å². The van der Waals surface area contributed by atoms with Crippen LogP contribution < -0.4 is 14.5 Å². The first kappa shape index (κ1) is 35.7. The fourth-order valence-corrected chi connectivity index (χ4v) is 7.02. The van der Waals surface area contributed by atoms with E-state index in [1.165, 1.54) is 17.9 Å². The number of likely N-dealkylation sites (tertiary alicyclic amines) is 1. The summed E-state index contributed by atoms with van der Waals surface area (Å²) in [6.45, 7) is 10.6. The quantitative estimate of drug-likeness (QED) is 0.345. The van der Waals surface area contributed by atoms with Gasteiger partial charge in [-0.15, -0.1) is 24.8 Å². The lowest BCUT2D eigenvalue weighted by Crippen LogP contribution is -2.54. The molecule has 0 unspecified atom stereocenters. The Hall–Kier alpha value is -3.11. The van der Waals surface area contributed by atoms with E-state index in [4.69, 9.17) is 14.6 Å². The Kier molecular flexibility index (Phi) is 12.5. The van der Waals surface area contributed by atoms with Gasteiger partial charge in [-0.2, -0.15) is 5.10 Å². The number of fused-ring (bicyclic) bond motifs is 1. The third-order valence-corrected chi connectivity index (χ3v) is 9.52. The first-order valence-corrected chi connectivity index (χ1v) is 16.3. The predicted molar refractivity (Wildman–Crippen MR) is 187 cm³/mol. The van der Waals surface area contributed by atoms with Crippen LogP contribution in [0.1, 0.15) is 55.5 Å². The van der Waals surface area contributed by atoms with Gasteiger partial charge in [0.2, 0.25) is 0 Å². The van der Waals surface area contributed by atoms with E-state index in [2.05, 4.69) is 29.0 Å². The molecule has 3 aliphatic heterocycles. The second kappa shape index (κ2) is 16.1. The van der Waals surface area contributed by atoms with Gasteiger partial charge in [0.1, 0.15) is 0 Å². The monoisotopic (exact) mass is 671 g/mol. The largest absolute Gasteiger partial charge is 0.490 e. The number of amides is 2. The highest BCUT2D eigenvalue weighted by Gasteiger charge is 2.41. The van der Waals surface area contributed by atoms with E-state index < -0.39 is 0 Å². The first-order valence-electron chi connectivity index (χ1n) is 16.3. The number of piperazine rings is 1. The van der Waals surface area contributed by atoms with Gasteiger partial charge in [-0.3, -0.25) is 14.5 Å². The Balaban J connectivity index is 0.00000240. The first-order chi connectivity index (χ1) is 21.5. The molecule has 2 amide bonds. The summed E-state index contributed by atoms with van der Waals surface area (Å²) in [7, 11) is 2.19. The van der Waals surface area contributed by atoms with E-state index in [1.54, 1.807) is 0 Å². The molecule has 2 atom stereocenters. The minimum absolute atomic E-state index is 0. The number of hydrazone groups is 1. The van der Waals surface area contributed by atoms with E-state index in [-0.39, 0.29) is 48.5 Å². The zero-order valence-electron chi connectivity index (χ0n) is 27.1. The molecule has 1 aliphatic carbocycles.